The fraction of sp³-hybridized carbons (Fsp3) is 0.0714. The SMILES string of the molecule is O=Cc1cccc(OCc2cccc(F)c2Br)c1. The Balaban J connectivity index is 2.11. The molecule has 2 aromatic rings. The van der Waals surface area contributed by atoms with Gasteiger partial charge in [-0.1, -0.05) is 24.3 Å². The molecule has 2 nitrogen and oxygen atoms in total. The standard InChI is InChI=1S/C14H10BrFO2/c15-14-11(4-2-6-13(14)16)9-18-12-5-1-3-10(7-12)8-17/h1-8H,9H2. The highest BCUT2D eigenvalue weighted by Gasteiger charge is 2.05. The minimum atomic E-state index is -0.322. The Morgan fingerprint density at radius 2 is 2.00 bits per heavy atom. The van der Waals surface area contributed by atoms with Gasteiger partial charge in [0.15, 0.2) is 0 Å². The van der Waals surface area contributed by atoms with Crippen LogP contribution >= 0.6 is 15.9 Å². The first-order valence-electron chi connectivity index (χ1n) is 5.31. The van der Waals surface area contributed by atoms with Crippen molar-refractivity contribution in [3.05, 3.63) is 63.9 Å². The third-order valence-corrected chi connectivity index (χ3v) is 3.31. The molecule has 4 heteroatoms. The number of rotatable bonds is 4. The van der Waals surface area contributed by atoms with Gasteiger partial charge in [-0.2, -0.15) is 0 Å². The summed E-state index contributed by atoms with van der Waals surface area (Å²) in [7, 11) is 0. The second kappa shape index (κ2) is 5.78. The van der Waals surface area contributed by atoms with E-state index in [9.17, 15) is 9.18 Å². The van der Waals surface area contributed by atoms with Crippen LogP contribution in [-0.2, 0) is 6.61 Å². The lowest BCUT2D eigenvalue weighted by molar-refractivity contribution is 0.112. The normalized spacial score (nSPS) is 10.1. The van der Waals surface area contributed by atoms with Gasteiger partial charge in [0.25, 0.3) is 0 Å². The Morgan fingerprint density at radius 1 is 1.22 bits per heavy atom. The fourth-order valence-corrected chi connectivity index (χ4v) is 1.88. The highest BCUT2D eigenvalue weighted by molar-refractivity contribution is 9.10. The van der Waals surface area contributed by atoms with E-state index in [1.807, 2.05) is 0 Å². The number of halogens is 2. The maximum Gasteiger partial charge on any atom is 0.150 e. The fourth-order valence-electron chi connectivity index (χ4n) is 1.50. The molecule has 18 heavy (non-hydrogen) atoms. The van der Waals surface area contributed by atoms with Gasteiger partial charge in [0.2, 0.25) is 0 Å². The Hall–Kier alpha value is -1.68. The second-order valence-corrected chi connectivity index (χ2v) is 4.48. The molecule has 0 saturated heterocycles. The Labute approximate surface area is 113 Å². The van der Waals surface area contributed by atoms with Crippen LogP contribution in [-0.4, -0.2) is 6.29 Å². The average Bonchev–Trinajstić information content (AvgIpc) is 2.41. The summed E-state index contributed by atoms with van der Waals surface area (Å²) in [5.74, 6) is 0.258. The van der Waals surface area contributed by atoms with Crippen LogP contribution in [0.15, 0.2) is 46.9 Å². The van der Waals surface area contributed by atoms with Gasteiger partial charge in [-0.3, -0.25) is 4.79 Å². The Kier molecular flexibility index (Phi) is 4.10. The van der Waals surface area contributed by atoms with Gasteiger partial charge in [0.05, 0.1) is 4.47 Å². The predicted molar refractivity (Wildman–Crippen MR) is 70.3 cm³/mol. The van der Waals surface area contributed by atoms with E-state index in [1.54, 1.807) is 36.4 Å². The maximum atomic E-state index is 13.3. The Morgan fingerprint density at radius 3 is 2.78 bits per heavy atom. The molecule has 92 valence electrons. The summed E-state index contributed by atoms with van der Waals surface area (Å²) >= 11 is 3.17. The van der Waals surface area contributed by atoms with E-state index < -0.39 is 0 Å². The van der Waals surface area contributed by atoms with Crippen molar-refractivity contribution in [1.82, 2.24) is 0 Å². The zero-order valence-corrected chi connectivity index (χ0v) is 11.0. The summed E-state index contributed by atoms with van der Waals surface area (Å²) in [6.45, 7) is 0.237. The Bertz CT molecular complexity index is 569. The van der Waals surface area contributed by atoms with Crippen LogP contribution < -0.4 is 4.74 Å². The van der Waals surface area contributed by atoms with Gasteiger partial charge >= 0.3 is 0 Å². The van der Waals surface area contributed by atoms with Crippen LogP contribution in [0.1, 0.15) is 15.9 Å². The molecule has 0 amide bonds. The van der Waals surface area contributed by atoms with Crippen LogP contribution in [0.4, 0.5) is 4.39 Å². The molecule has 0 atom stereocenters. The molecule has 0 spiro atoms. The van der Waals surface area contributed by atoms with Crippen LogP contribution in [0, 0.1) is 5.82 Å². The first kappa shape index (κ1) is 12.8. The zero-order valence-electron chi connectivity index (χ0n) is 9.40. The minimum Gasteiger partial charge on any atom is -0.489 e. The summed E-state index contributed by atoms with van der Waals surface area (Å²) < 4.78 is 19.2. The van der Waals surface area contributed by atoms with Crippen molar-refractivity contribution in [2.75, 3.05) is 0 Å². The summed E-state index contributed by atoms with van der Waals surface area (Å²) in [4.78, 5) is 10.6. The molecule has 0 heterocycles. The summed E-state index contributed by atoms with van der Waals surface area (Å²) in [6.07, 6.45) is 0.755. The second-order valence-electron chi connectivity index (χ2n) is 3.69. The van der Waals surface area contributed by atoms with Crippen molar-refractivity contribution in [3.63, 3.8) is 0 Å². The highest BCUT2D eigenvalue weighted by atomic mass is 79.9. The van der Waals surface area contributed by atoms with Crippen molar-refractivity contribution in [2.24, 2.45) is 0 Å². The topological polar surface area (TPSA) is 26.3 Å². The molecule has 0 radical (unpaired) electrons. The molecular formula is C14H10BrFO2. The van der Waals surface area contributed by atoms with Gasteiger partial charge in [-0.05, 0) is 34.1 Å². The molecule has 0 aliphatic heterocycles. The summed E-state index contributed by atoms with van der Waals surface area (Å²) in [5, 5.41) is 0. The molecule has 0 unspecified atom stereocenters. The molecule has 0 fully saturated rings. The lowest BCUT2D eigenvalue weighted by Crippen LogP contribution is -1.98. The first-order chi connectivity index (χ1) is 8.70. The van der Waals surface area contributed by atoms with Gasteiger partial charge in [0.1, 0.15) is 24.5 Å². The van der Waals surface area contributed by atoms with Crippen LogP contribution in [0.25, 0.3) is 0 Å². The summed E-state index contributed by atoms with van der Waals surface area (Å²) in [6, 6.07) is 11.6. The third-order valence-electron chi connectivity index (χ3n) is 2.42. The quantitative estimate of drug-likeness (QED) is 0.799. The number of benzene rings is 2. The molecule has 0 aliphatic rings. The molecule has 0 bridgehead atoms. The number of aldehydes is 1. The largest absolute Gasteiger partial charge is 0.489 e. The van der Waals surface area contributed by atoms with E-state index in [4.69, 9.17) is 4.74 Å². The van der Waals surface area contributed by atoms with E-state index in [1.165, 1.54) is 6.07 Å². The zero-order chi connectivity index (χ0) is 13.0. The van der Waals surface area contributed by atoms with Gasteiger partial charge < -0.3 is 4.74 Å². The van der Waals surface area contributed by atoms with Gasteiger partial charge in [0, 0.05) is 11.1 Å². The summed E-state index contributed by atoms with van der Waals surface area (Å²) in [5.41, 5.74) is 1.26. The van der Waals surface area contributed by atoms with E-state index in [0.717, 1.165) is 6.29 Å². The number of hydrogen-bond donors (Lipinski definition) is 0. The van der Waals surface area contributed by atoms with Crippen molar-refractivity contribution in [3.8, 4) is 5.75 Å². The molecule has 0 aromatic heterocycles. The molecule has 0 aliphatic carbocycles. The van der Waals surface area contributed by atoms with E-state index in [0.29, 0.717) is 21.3 Å². The van der Waals surface area contributed by atoms with Crippen molar-refractivity contribution in [2.45, 2.75) is 6.61 Å². The van der Waals surface area contributed by atoms with E-state index >= 15 is 0 Å². The number of carbonyl (C=O) groups excluding carboxylic acids is 1. The lowest BCUT2D eigenvalue weighted by atomic mass is 10.2. The lowest BCUT2D eigenvalue weighted by Gasteiger charge is -2.08. The van der Waals surface area contributed by atoms with Crippen LogP contribution in [0.2, 0.25) is 0 Å². The molecule has 0 saturated carbocycles. The average molecular weight is 309 g/mol. The van der Waals surface area contributed by atoms with Crippen LogP contribution in [0.5, 0.6) is 5.75 Å². The van der Waals surface area contributed by atoms with Crippen molar-refractivity contribution in [1.29, 1.82) is 0 Å². The third kappa shape index (κ3) is 2.96. The van der Waals surface area contributed by atoms with Gasteiger partial charge in [-0.15, -0.1) is 0 Å². The van der Waals surface area contributed by atoms with E-state index in [-0.39, 0.29) is 12.4 Å². The van der Waals surface area contributed by atoms with Crippen molar-refractivity contribution >= 4 is 22.2 Å². The number of hydrogen-bond acceptors (Lipinski definition) is 2. The highest BCUT2D eigenvalue weighted by Crippen LogP contribution is 2.22. The maximum absolute atomic E-state index is 13.3. The van der Waals surface area contributed by atoms with Crippen molar-refractivity contribution < 1.29 is 13.9 Å². The first-order valence-corrected chi connectivity index (χ1v) is 6.11. The monoisotopic (exact) mass is 308 g/mol. The molecule has 0 N–H and O–H groups in total. The predicted octanol–water partition coefficient (Wildman–Crippen LogP) is 3.98. The van der Waals surface area contributed by atoms with Crippen LogP contribution in [0.3, 0.4) is 0 Å². The molecule has 2 rings (SSSR count). The minimum absolute atomic E-state index is 0.237. The number of carbonyl (C=O) groups is 1. The smallest absolute Gasteiger partial charge is 0.150 e. The molecular weight excluding hydrogens is 299 g/mol. The number of ether oxygens (including phenoxy) is 1. The molecule has 2 aromatic carbocycles. The van der Waals surface area contributed by atoms with E-state index in [2.05, 4.69) is 15.9 Å². The van der Waals surface area contributed by atoms with Gasteiger partial charge in [-0.25, -0.2) is 4.39 Å².